The molecule has 0 radical (unpaired) electrons. The molecular formula is C11H27N5O. The Balaban J connectivity index is 3.56. The molecule has 0 fully saturated rings. The molecule has 0 saturated carbocycles. The molecule has 0 saturated heterocycles. The fourth-order valence-electron chi connectivity index (χ4n) is 1.26. The Morgan fingerprint density at radius 3 is 2.71 bits per heavy atom. The topological polar surface area (TPSA) is 74.9 Å². The van der Waals surface area contributed by atoms with E-state index in [1.54, 1.807) is 0 Å². The molecule has 0 atom stereocenters. The molecule has 0 aliphatic heterocycles. The van der Waals surface area contributed by atoms with Crippen molar-refractivity contribution in [2.24, 2.45) is 10.8 Å². The SMILES string of the molecule is CCOCCCN=C(NN)NCCCN(C)C. The van der Waals surface area contributed by atoms with Crippen LogP contribution in [0.25, 0.3) is 0 Å². The largest absolute Gasteiger partial charge is 0.382 e. The van der Waals surface area contributed by atoms with Crippen molar-refractivity contribution in [2.45, 2.75) is 19.8 Å². The summed E-state index contributed by atoms with van der Waals surface area (Å²) in [6.45, 7) is 6.14. The van der Waals surface area contributed by atoms with Gasteiger partial charge in [0.2, 0.25) is 5.96 Å². The minimum Gasteiger partial charge on any atom is -0.382 e. The first-order valence-electron chi connectivity index (χ1n) is 6.18. The maximum absolute atomic E-state index is 5.37. The summed E-state index contributed by atoms with van der Waals surface area (Å²) >= 11 is 0. The predicted molar refractivity (Wildman–Crippen MR) is 71.9 cm³/mol. The molecule has 6 nitrogen and oxygen atoms in total. The van der Waals surface area contributed by atoms with Gasteiger partial charge in [0.1, 0.15) is 0 Å². The zero-order valence-corrected chi connectivity index (χ0v) is 11.3. The highest BCUT2D eigenvalue weighted by Gasteiger charge is 1.95. The maximum atomic E-state index is 5.37. The molecule has 0 rings (SSSR count). The van der Waals surface area contributed by atoms with Crippen LogP contribution in [-0.4, -0.2) is 57.8 Å². The number of nitrogens with one attached hydrogen (secondary N) is 2. The standard InChI is InChI=1S/C11H27N5O/c1-4-17-10-6-8-14-11(15-12)13-7-5-9-16(2)3/h4-10,12H2,1-3H3,(H2,13,14,15). The van der Waals surface area contributed by atoms with Crippen molar-refractivity contribution in [2.75, 3.05) is 46.9 Å². The van der Waals surface area contributed by atoms with Crippen molar-refractivity contribution in [1.82, 2.24) is 15.6 Å². The lowest BCUT2D eigenvalue weighted by Crippen LogP contribution is -2.42. The Morgan fingerprint density at radius 2 is 2.12 bits per heavy atom. The summed E-state index contributed by atoms with van der Waals surface area (Å²) in [4.78, 5) is 6.46. The van der Waals surface area contributed by atoms with E-state index in [2.05, 4.69) is 34.7 Å². The van der Waals surface area contributed by atoms with Crippen molar-refractivity contribution in [3.63, 3.8) is 0 Å². The van der Waals surface area contributed by atoms with Crippen molar-refractivity contribution < 1.29 is 4.74 Å². The third-order valence-corrected chi connectivity index (χ3v) is 2.13. The van der Waals surface area contributed by atoms with Crippen molar-refractivity contribution in [3.8, 4) is 0 Å². The van der Waals surface area contributed by atoms with Crippen molar-refractivity contribution in [1.29, 1.82) is 0 Å². The monoisotopic (exact) mass is 245 g/mol. The number of hydrogen-bond acceptors (Lipinski definition) is 4. The fourth-order valence-corrected chi connectivity index (χ4v) is 1.26. The number of hydrazine groups is 1. The number of hydrogen-bond donors (Lipinski definition) is 3. The van der Waals surface area contributed by atoms with Crippen LogP contribution >= 0.6 is 0 Å². The molecule has 6 heteroatoms. The van der Waals surface area contributed by atoms with Gasteiger partial charge in [0, 0.05) is 26.3 Å². The molecule has 0 heterocycles. The summed E-state index contributed by atoms with van der Waals surface area (Å²) in [6, 6.07) is 0. The smallest absolute Gasteiger partial charge is 0.205 e. The van der Waals surface area contributed by atoms with Gasteiger partial charge in [-0.05, 0) is 40.4 Å². The lowest BCUT2D eigenvalue weighted by atomic mass is 10.4. The van der Waals surface area contributed by atoms with Crippen LogP contribution in [0.1, 0.15) is 19.8 Å². The quantitative estimate of drug-likeness (QED) is 0.172. The number of aliphatic imine (C=N–C) groups is 1. The van der Waals surface area contributed by atoms with Crippen LogP contribution in [0.2, 0.25) is 0 Å². The van der Waals surface area contributed by atoms with E-state index >= 15 is 0 Å². The van der Waals surface area contributed by atoms with Crippen LogP contribution in [0.3, 0.4) is 0 Å². The average Bonchev–Trinajstić information content (AvgIpc) is 2.31. The molecule has 0 amide bonds. The van der Waals surface area contributed by atoms with Crippen molar-refractivity contribution in [3.05, 3.63) is 0 Å². The Kier molecular flexibility index (Phi) is 11.0. The number of nitrogens with two attached hydrogens (primary N) is 1. The molecule has 0 aromatic carbocycles. The average molecular weight is 245 g/mol. The van der Waals surface area contributed by atoms with Crippen LogP contribution in [0.5, 0.6) is 0 Å². The van der Waals surface area contributed by atoms with Gasteiger partial charge in [-0.15, -0.1) is 0 Å². The van der Waals surface area contributed by atoms with E-state index in [9.17, 15) is 0 Å². The molecule has 0 bridgehead atoms. The molecule has 0 aliphatic rings. The fraction of sp³-hybridized carbons (Fsp3) is 0.909. The van der Waals surface area contributed by atoms with E-state index in [0.717, 1.165) is 45.7 Å². The Morgan fingerprint density at radius 1 is 1.35 bits per heavy atom. The highest BCUT2D eigenvalue weighted by atomic mass is 16.5. The maximum Gasteiger partial charge on any atom is 0.205 e. The first-order chi connectivity index (χ1) is 8.20. The van der Waals surface area contributed by atoms with Gasteiger partial charge in [-0.2, -0.15) is 0 Å². The molecule has 102 valence electrons. The third kappa shape index (κ3) is 11.4. The van der Waals surface area contributed by atoms with Crippen LogP contribution in [-0.2, 0) is 4.74 Å². The molecule has 17 heavy (non-hydrogen) atoms. The van der Waals surface area contributed by atoms with Gasteiger partial charge < -0.3 is 15.0 Å². The highest BCUT2D eigenvalue weighted by Crippen LogP contribution is 1.85. The summed E-state index contributed by atoms with van der Waals surface area (Å²) < 4.78 is 5.23. The van der Waals surface area contributed by atoms with Crippen LogP contribution < -0.4 is 16.6 Å². The number of guanidine groups is 1. The number of nitrogens with zero attached hydrogens (tertiary/aromatic N) is 2. The number of ether oxygens (including phenoxy) is 1. The Labute approximate surface area is 105 Å². The number of rotatable bonds is 9. The van der Waals surface area contributed by atoms with Gasteiger partial charge in [0.15, 0.2) is 0 Å². The van der Waals surface area contributed by atoms with Gasteiger partial charge in [-0.25, -0.2) is 5.84 Å². The van der Waals surface area contributed by atoms with Gasteiger partial charge in [0.25, 0.3) is 0 Å². The van der Waals surface area contributed by atoms with Crippen LogP contribution in [0.4, 0.5) is 0 Å². The van der Waals surface area contributed by atoms with E-state index in [1.807, 2.05) is 6.92 Å². The van der Waals surface area contributed by atoms with Crippen LogP contribution in [0.15, 0.2) is 4.99 Å². The van der Waals surface area contributed by atoms with Gasteiger partial charge in [0.05, 0.1) is 0 Å². The summed E-state index contributed by atoms with van der Waals surface area (Å²) in [5.41, 5.74) is 2.57. The predicted octanol–water partition coefficient (Wildman–Crippen LogP) is -0.226. The minimum absolute atomic E-state index is 0.653. The van der Waals surface area contributed by atoms with Gasteiger partial charge >= 0.3 is 0 Å². The summed E-state index contributed by atoms with van der Waals surface area (Å²) in [5.74, 6) is 6.02. The van der Waals surface area contributed by atoms with E-state index in [4.69, 9.17) is 10.6 Å². The molecular weight excluding hydrogens is 218 g/mol. The first kappa shape index (κ1) is 16.1. The minimum atomic E-state index is 0.653. The Bertz CT molecular complexity index is 196. The summed E-state index contributed by atoms with van der Waals surface area (Å²) in [7, 11) is 4.12. The zero-order valence-electron chi connectivity index (χ0n) is 11.3. The molecule has 0 spiro atoms. The van der Waals surface area contributed by atoms with E-state index in [1.165, 1.54) is 0 Å². The van der Waals surface area contributed by atoms with E-state index in [0.29, 0.717) is 5.96 Å². The van der Waals surface area contributed by atoms with E-state index in [-0.39, 0.29) is 0 Å². The third-order valence-electron chi connectivity index (χ3n) is 2.13. The molecule has 0 aliphatic carbocycles. The summed E-state index contributed by atoms with van der Waals surface area (Å²) in [6.07, 6.45) is 1.98. The second-order valence-electron chi connectivity index (χ2n) is 4.01. The van der Waals surface area contributed by atoms with E-state index < -0.39 is 0 Å². The van der Waals surface area contributed by atoms with Crippen molar-refractivity contribution >= 4 is 5.96 Å². The second kappa shape index (κ2) is 11.6. The van der Waals surface area contributed by atoms with Crippen LogP contribution in [0, 0.1) is 0 Å². The lowest BCUT2D eigenvalue weighted by Gasteiger charge is -2.11. The second-order valence-corrected chi connectivity index (χ2v) is 4.01. The summed E-state index contributed by atoms with van der Waals surface area (Å²) in [5, 5.41) is 3.16. The molecule has 0 aromatic heterocycles. The normalized spacial score (nSPS) is 11.9. The molecule has 0 unspecified atom stereocenters. The highest BCUT2D eigenvalue weighted by molar-refractivity contribution is 5.79. The van der Waals surface area contributed by atoms with Gasteiger partial charge in [-0.3, -0.25) is 10.4 Å². The molecule has 0 aromatic rings. The zero-order chi connectivity index (χ0) is 12.9. The molecule has 4 N–H and O–H groups in total. The van der Waals surface area contributed by atoms with Gasteiger partial charge in [-0.1, -0.05) is 0 Å². The first-order valence-corrected chi connectivity index (χ1v) is 6.18. The lowest BCUT2D eigenvalue weighted by molar-refractivity contribution is 0.146. The Hall–Kier alpha value is -0.850.